The molecule has 0 amide bonds. The van der Waals surface area contributed by atoms with Crippen LogP contribution in [-0.4, -0.2) is 26.3 Å². The summed E-state index contributed by atoms with van der Waals surface area (Å²) in [5.41, 5.74) is 0. The topological polar surface area (TPSA) is 30.5 Å². The quantitative estimate of drug-likeness (QED) is 0.755. The van der Waals surface area contributed by atoms with Crippen molar-refractivity contribution >= 4 is 15.9 Å². The Morgan fingerprint density at radius 1 is 1.25 bits per heavy atom. The molecule has 0 aliphatic heterocycles. The van der Waals surface area contributed by atoms with E-state index in [4.69, 9.17) is 9.47 Å². The molecule has 1 saturated carbocycles. The Bertz CT molecular complexity index is 405. The molecular weight excluding hydrogens is 318 g/mol. The number of hydrogen-bond donors (Lipinski definition) is 1. The zero-order valence-electron chi connectivity index (χ0n) is 12.2. The summed E-state index contributed by atoms with van der Waals surface area (Å²) < 4.78 is 12.1. The summed E-state index contributed by atoms with van der Waals surface area (Å²) in [7, 11) is 1.67. The Balaban J connectivity index is 1.68. The van der Waals surface area contributed by atoms with Crippen LogP contribution in [0.1, 0.15) is 38.5 Å². The summed E-state index contributed by atoms with van der Waals surface area (Å²) in [5.74, 6) is 1.58. The van der Waals surface area contributed by atoms with E-state index in [9.17, 15) is 0 Å². The van der Waals surface area contributed by atoms with Gasteiger partial charge in [-0.15, -0.1) is 0 Å². The number of benzene rings is 1. The second-order valence-electron chi connectivity index (χ2n) is 5.26. The van der Waals surface area contributed by atoms with Crippen molar-refractivity contribution in [1.29, 1.82) is 0 Å². The molecule has 0 atom stereocenters. The Labute approximate surface area is 130 Å². The van der Waals surface area contributed by atoms with Crippen LogP contribution >= 0.6 is 15.9 Å². The predicted octanol–water partition coefficient (Wildman–Crippen LogP) is 4.15. The first kappa shape index (κ1) is 15.6. The van der Waals surface area contributed by atoms with Gasteiger partial charge in [0.15, 0.2) is 11.5 Å². The lowest BCUT2D eigenvalue weighted by atomic mass is 9.95. The summed E-state index contributed by atoms with van der Waals surface area (Å²) >= 11 is 3.50. The molecule has 20 heavy (non-hydrogen) atoms. The highest BCUT2D eigenvalue weighted by molar-refractivity contribution is 9.10. The average molecular weight is 342 g/mol. The van der Waals surface area contributed by atoms with E-state index in [1.54, 1.807) is 7.11 Å². The fourth-order valence-electron chi connectivity index (χ4n) is 2.65. The number of methoxy groups -OCH3 is 1. The van der Waals surface area contributed by atoms with Gasteiger partial charge >= 0.3 is 0 Å². The molecule has 1 aliphatic carbocycles. The highest BCUT2D eigenvalue weighted by atomic mass is 79.9. The van der Waals surface area contributed by atoms with Crippen molar-refractivity contribution in [3.05, 3.63) is 22.7 Å². The molecule has 0 aromatic heterocycles. The molecule has 1 aromatic carbocycles. The number of rotatable bonds is 7. The molecule has 1 N–H and O–H groups in total. The van der Waals surface area contributed by atoms with Crippen molar-refractivity contribution in [3.63, 3.8) is 0 Å². The van der Waals surface area contributed by atoms with Gasteiger partial charge in [0, 0.05) is 6.04 Å². The van der Waals surface area contributed by atoms with Gasteiger partial charge in [-0.2, -0.15) is 0 Å². The van der Waals surface area contributed by atoms with E-state index < -0.39 is 0 Å². The number of halogens is 1. The normalized spacial score (nSPS) is 16.1. The van der Waals surface area contributed by atoms with E-state index in [1.165, 1.54) is 32.1 Å². The van der Waals surface area contributed by atoms with E-state index in [1.807, 2.05) is 18.2 Å². The molecule has 1 fully saturated rings. The summed E-state index contributed by atoms with van der Waals surface area (Å²) in [5, 5.41) is 3.63. The van der Waals surface area contributed by atoms with Crippen molar-refractivity contribution in [2.24, 2.45) is 0 Å². The minimum Gasteiger partial charge on any atom is -0.493 e. The third kappa shape index (κ3) is 4.67. The van der Waals surface area contributed by atoms with Crippen LogP contribution in [0.4, 0.5) is 0 Å². The standard InChI is InChI=1S/C16H24BrNO2/c1-19-15-10-5-9-14(17)16(15)20-12-6-11-18-13-7-3-2-4-8-13/h5,9-10,13,18H,2-4,6-8,11-12H2,1H3. The van der Waals surface area contributed by atoms with Crippen molar-refractivity contribution in [3.8, 4) is 11.5 Å². The minimum absolute atomic E-state index is 0.707. The first-order valence-corrected chi connectivity index (χ1v) is 8.29. The first-order valence-electron chi connectivity index (χ1n) is 7.50. The van der Waals surface area contributed by atoms with Crippen LogP contribution in [0, 0.1) is 0 Å². The second-order valence-corrected chi connectivity index (χ2v) is 6.12. The molecule has 0 saturated heterocycles. The highest BCUT2D eigenvalue weighted by Crippen LogP contribution is 2.34. The van der Waals surface area contributed by atoms with Crippen LogP contribution in [0.15, 0.2) is 22.7 Å². The van der Waals surface area contributed by atoms with Gasteiger partial charge < -0.3 is 14.8 Å². The van der Waals surface area contributed by atoms with Crippen LogP contribution in [0.25, 0.3) is 0 Å². The SMILES string of the molecule is COc1cccc(Br)c1OCCCNC1CCCCC1. The third-order valence-corrected chi connectivity index (χ3v) is 4.38. The molecule has 0 unspecified atom stereocenters. The van der Waals surface area contributed by atoms with Crippen molar-refractivity contribution in [2.45, 2.75) is 44.6 Å². The first-order chi connectivity index (χ1) is 9.81. The van der Waals surface area contributed by atoms with Crippen LogP contribution in [0.2, 0.25) is 0 Å². The fourth-order valence-corrected chi connectivity index (χ4v) is 3.11. The smallest absolute Gasteiger partial charge is 0.175 e. The van der Waals surface area contributed by atoms with Gasteiger partial charge in [-0.05, 0) is 53.9 Å². The van der Waals surface area contributed by atoms with Crippen LogP contribution in [0.5, 0.6) is 11.5 Å². The van der Waals surface area contributed by atoms with Gasteiger partial charge in [-0.3, -0.25) is 0 Å². The highest BCUT2D eigenvalue weighted by Gasteiger charge is 2.12. The van der Waals surface area contributed by atoms with Gasteiger partial charge in [-0.25, -0.2) is 0 Å². The van der Waals surface area contributed by atoms with Crippen molar-refractivity contribution < 1.29 is 9.47 Å². The zero-order valence-corrected chi connectivity index (χ0v) is 13.7. The molecule has 0 heterocycles. The van der Waals surface area contributed by atoms with E-state index in [0.717, 1.165) is 35.0 Å². The van der Waals surface area contributed by atoms with Gasteiger partial charge in [0.25, 0.3) is 0 Å². The lowest BCUT2D eigenvalue weighted by Crippen LogP contribution is -2.32. The summed E-state index contributed by atoms with van der Waals surface area (Å²) in [6.45, 7) is 1.73. The summed E-state index contributed by atoms with van der Waals surface area (Å²) in [4.78, 5) is 0. The molecule has 4 heteroatoms. The van der Waals surface area contributed by atoms with E-state index in [-0.39, 0.29) is 0 Å². The number of hydrogen-bond acceptors (Lipinski definition) is 3. The number of nitrogens with one attached hydrogen (secondary N) is 1. The number of para-hydroxylation sites is 1. The fraction of sp³-hybridized carbons (Fsp3) is 0.625. The van der Waals surface area contributed by atoms with E-state index in [0.29, 0.717) is 6.61 Å². The van der Waals surface area contributed by atoms with Gasteiger partial charge in [0.05, 0.1) is 18.2 Å². The van der Waals surface area contributed by atoms with Crippen molar-refractivity contribution in [1.82, 2.24) is 5.32 Å². The molecule has 0 radical (unpaired) electrons. The predicted molar refractivity (Wildman–Crippen MR) is 85.7 cm³/mol. The van der Waals surface area contributed by atoms with Gasteiger partial charge in [0.2, 0.25) is 0 Å². The average Bonchev–Trinajstić information content (AvgIpc) is 2.49. The maximum absolute atomic E-state index is 5.84. The Morgan fingerprint density at radius 3 is 2.80 bits per heavy atom. The Kier molecular flexibility index (Phi) is 6.67. The molecule has 1 aromatic rings. The van der Waals surface area contributed by atoms with Gasteiger partial charge in [-0.1, -0.05) is 25.3 Å². The lowest BCUT2D eigenvalue weighted by molar-refractivity contribution is 0.279. The maximum Gasteiger partial charge on any atom is 0.175 e. The molecule has 2 rings (SSSR count). The van der Waals surface area contributed by atoms with E-state index in [2.05, 4.69) is 21.2 Å². The summed E-state index contributed by atoms with van der Waals surface area (Å²) in [6, 6.07) is 6.56. The number of ether oxygens (including phenoxy) is 2. The molecule has 1 aliphatic rings. The molecule has 0 spiro atoms. The van der Waals surface area contributed by atoms with Crippen LogP contribution in [-0.2, 0) is 0 Å². The zero-order chi connectivity index (χ0) is 14.2. The molecule has 3 nitrogen and oxygen atoms in total. The second kappa shape index (κ2) is 8.53. The summed E-state index contributed by atoms with van der Waals surface area (Å²) in [6.07, 6.45) is 7.84. The third-order valence-electron chi connectivity index (χ3n) is 3.76. The molecule has 112 valence electrons. The molecular formula is C16H24BrNO2. The van der Waals surface area contributed by atoms with E-state index >= 15 is 0 Å². The van der Waals surface area contributed by atoms with Gasteiger partial charge in [0.1, 0.15) is 0 Å². The molecule has 0 bridgehead atoms. The Morgan fingerprint density at radius 2 is 2.05 bits per heavy atom. The lowest BCUT2D eigenvalue weighted by Gasteiger charge is -2.22. The monoisotopic (exact) mass is 341 g/mol. The Hall–Kier alpha value is -0.740. The maximum atomic E-state index is 5.84. The minimum atomic E-state index is 0.707. The van der Waals surface area contributed by atoms with Crippen LogP contribution < -0.4 is 14.8 Å². The van der Waals surface area contributed by atoms with Crippen molar-refractivity contribution in [2.75, 3.05) is 20.3 Å². The largest absolute Gasteiger partial charge is 0.493 e. The van der Waals surface area contributed by atoms with Crippen LogP contribution in [0.3, 0.4) is 0 Å².